The smallest absolute Gasteiger partial charge is 0.301 e. The molecule has 2 aliphatic rings. The van der Waals surface area contributed by atoms with Crippen LogP contribution in [0.5, 0.6) is 6.01 Å². The first-order valence-electron chi connectivity index (χ1n) is 5.21. The molecule has 2 aliphatic heterocycles. The molecule has 2 bridgehead atoms. The van der Waals surface area contributed by atoms with Gasteiger partial charge in [0.25, 0.3) is 5.56 Å². The van der Waals surface area contributed by atoms with Crippen LogP contribution in [0.3, 0.4) is 0 Å². The van der Waals surface area contributed by atoms with E-state index in [0.29, 0.717) is 12.0 Å². The summed E-state index contributed by atoms with van der Waals surface area (Å²) in [5, 5.41) is 9.67. The normalized spacial score (nSPS) is 31.8. The van der Waals surface area contributed by atoms with Crippen molar-refractivity contribution in [3.8, 4) is 6.01 Å². The highest BCUT2D eigenvalue weighted by molar-refractivity contribution is 5.11. The van der Waals surface area contributed by atoms with Gasteiger partial charge in [-0.25, -0.2) is 0 Å². The molecule has 1 aromatic heterocycles. The Kier molecular flexibility index (Phi) is 2.02. The average Bonchev–Trinajstić information content (AvgIpc) is 2.51. The SMILES string of the molecule is Cc1cn2c(nc1=O)OC[C@@H]1O[C@H]2C[C@@H]1O. The Morgan fingerprint density at radius 2 is 2.44 bits per heavy atom. The number of nitrogens with zero attached hydrogens (tertiary/aromatic N) is 2. The fourth-order valence-corrected chi connectivity index (χ4v) is 2.06. The minimum Gasteiger partial charge on any atom is -0.462 e. The lowest BCUT2D eigenvalue weighted by atomic mass is 10.2. The van der Waals surface area contributed by atoms with Gasteiger partial charge in [0.2, 0.25) is 0 Å². The molecular weight excluding hydrogens is 212 g/mol. The van der Waals surface area contributed by atoms with Gasteiger partial charge in [0, 0.05) is 18.2 Å². The number of fused-ring (bicyclic) bond motifs is 4. The first-order chi connectivity index (χ1) is 7.65. The monoisotopic (exact) mass is 224 g/mol. The fourth-order valence-electron chi connectivity index (χ4n) is 2.06. The molecule has 86 valence electrons. The third-order valence-corrected chi connectivity index (χ3v) is 2.98. The van der Waals surface area contributed by atoms with Crippen molar-refractivity contribution in [2.75, 3.05) is 6.61 Å². The molecule has 0 saturated carbocycles. The van der Waals surface area contributed by atoms with E-state index in [4.69, 9.17) is 9.47 Å². The van der Waals surface area contributed by atoms with E-state index in [1.807, 2.05) is 0 Å². The van der Waals surface area contributed by atoms with E-state index in [1.165, 1.54) is 0 Å². The van der Waals surface area contributed by atoms with Crippen LogP contribution in [0, 0.1) is 6.92 Å². The molecule has 1 aromatic rings. The summed E-state index contributed by atoms with van der Waals surface area (Å²) in [6, 6.07) is 0.273. The molecule has 1 saturated heterocycles. The standard InChI is InChI=1S/C10H12N2O4/c1-5-3-12-8-2-6(13)7(16-8)4-15-10(12)11-9(5)14/h3,6-8,13H,2,4H2,1H3/t6-,7-,8-/m0/s1. The lowest BCUT2D eigenvalue weighted by molar-refractivity contribution is -0.0205. The molecule has 0 spiro atoms. The number of hydrogen-bond donors (Lipinski definition) is 1. The van der Waals surface area contributed by atoms with E-state index in [1.54, 1.807) is 17.7 Å². The highest BCUT2D eigenvalue weighted by atomic mass is 16.6. The van der Waals surface area contributed by atoms with Gasteiger partial charge in [-0.15, -0.1) is 0 Å². The third kappa shape index (κ3) is 1.34. The molecule has 0 unspecified atom stereocenters. The second-order valence-corrected chi connectivity index (χ2v) is 4.16. The van der Waals surface area contributed by atoms with Gasteiger partial charge in [-0.3, -0.25) is 9.36 Å². The van der Waals surface area contributed by atoms with Crippen molar-refractivity contribution >= 4 is 0 Å². The number of ether oxygens (including phenoxy) is 2. The van der Waals surface area contributed by atoms with Crippen molar-refractivity contribution < 1.29 is 14.6 Å². The molecule has 0 amide bonds. The van der Waals surface area contributed by atoms with Gasteiger partial charge in [-0.2, -0.15) is 4.98 Å². The maximum atomic E-state index is 11.4. The van der Waals surface area contributed by atoms with E-state index in [-0.39, 0.29) is 30.5 Å². The number of aryl methyl sites for hydroxylation is 1. The first-order valence-corrected chi connectivity index (χ1v) is 5.21. The Hall–Kier alpha value is -1.40. The Labute approximate surface area is 91.4 Å². The highest BCUT2D eigenvalue weighted by Crippen LogP contribution is 2.33. The van der Waals surface area contributed by atoms with Crippen LogP contribution in [-0.2, 0) is 4.74 Å². The van der Waals surface area contributed by atoms with Crippen LogP contribution in [0.25, 0.3) is 0 Å². The summed E-state index contributed by atoms with van der Waals surface area (Å²) in [5.74, 6) is 0. The van der Waals surface area contributed by atoms with Crippen LogP contribution in [0.4, 0.5) is 0 Å². The number of hydrogen-bond acceptors (Lipinski definition) is 5. The van der Waals surface area contributed by atoms with Gasteiger partial charge in [0.1, 0.15) is 18.9 Å². The zero-order valence-electron chi connectivity index (χ0n) is 8.79. The summed E-state index contributed by atoms with van der Waals surface area (Å²) in [6.45, 7) is 1.92. The summed E-state index contributed by atoms with van der Waals surface area (Å²) in [4.78, 5) is 15.2. The number of aliphatic hydroxyl groups is 1. The van der Waals surface area contributed by atoms with E-state index < -0.39 is 6.10 Å². The maximum absolute atomic E-state index is 11.4. The van der Waals surface area contributed by atoms with Gasteiger partial charge in [-0.05, 0) is 6.92 Å². The predicted molar refractivity (Wildman–Crippen MR) is 53.3 cm³/mol. The number of aliphatic hydroxyl groups excluding tert-OH is 1. The maximum Gasteiger partial charge on any atom is 0.301 e. The fraction of sp³-hybridized carbons (Fsp3) is 0.600. The molecule has 0 radical (unpaired) electrons. The van der Waals surface area contributed by atoms with Crippen LogP contribution in [0.1, 0.15) is 18.2 Å². The second kappa shape index (κ2) is 3.29. The van der Waals surface area contributed by atoms with Crippen molar-refractivity contribution in [1.29, 1.82) is 0 Å². The first kappa shape index (κ1) is 9.80. The molecular formula is C10H12N2O4. The van der Waals surface area contributed by atoms with Gasteiger partial charge < -0.3 is 14.6 Å². The summed E-state index contributed by atoms with van der Waals surface area (Å²) >= 11 is 0. The predicted octanol–water partition coefficient (Wildman–Crippen LogP) is -0.407. The number of rotatable bonds is 0. The van der Waals surface area contributed by atoms with Crippen molar-refractivity contribution in [2.24, 2.45) is 0 Å². The molecule has 6 nitrogen and oxygen atoms in total. The average molecular weight is 224 g/mol. The Balaban J connectivity index is 2.10. The zero-order chi connectivity index (χ0) is 11.3. The van der Waals surface area contributed by atoms with Gasteiger partial charge in [0.15, 0.2) is 0 Å². The minimum absolute atomic E-state index is 0.229. The lowest BCUT2D eigenvalue weighted by Crippen LogP contribution is -2.28. The van der Waals surface area contributed by atoms with Gasteiger partial charge in [0.05, 0.1) is 6.10 Å². The molecule has 3 heterocycles. The van der Waals surface area contributed by atoms with Crippen LogP contribution >= 0.6 is 0 Å². The summed E-state index contributed by atoms with van der Waals surface area (Å²) in [5.41, 5.74) is 0.250. The van der Waals surface area contributed by atoms with Crippen LogP contribution < -0.4 is 10.3 Å². The molecule has 6 heteroatoms. The van der Waals surface area contributed by atoms with Crippen LogP contribution in [0.15, 0.2) is 11.0 Å². The molecule has 0 aliphatic carbocycles. The lowest BCUT2D eigenvalue weighted by Gasteiger charge is -2.16. The molecule has 1 fully saturated rings. The molecule has 1 N–H and O–H groups in total. The van der Waals surface area contributed by atoms with Crippen LogP contribution in [0.2, 0.25) is 0 Å². The third-order valence-electron chi connectivity index (χ3n) is 2.98. The van der Waals surface area contributed by atoms with Crippen molar-refractivity contribution in [3.63, 3.8) is 0 Å². The Bertz CT molecular complexity index is 484. The van der Waals surface area contributed by atoms with Crippen molar-refractivity contribution in [2.45, 2.75) is 31.8 Å². The summed E-state index contributed by atoms with van der Waals surface area (Å²) in [7, 11) is 0. The van der Waals surface area contributed by atoms with Crippen LogP contribution in [-0.4, -0.2) is 33.5 Å². The second-order valence-electron chi connectivity index (χ2n) is 4.16. The molecule has 3 rings (SSSR count). The highest BCUT2D eigenvalue weighted by Gasteiger charge is 2.39. The largest absolute Gasteiger partial charge is 0.462 e. The van der Waals surface area contributed by atoms with Crippen molar-refractivity contribution in [1.82, 2.24) is 9.55 Å². The minimum atomic E-state index is -0.516. The quantitative estimate of drug-likeness (QED) is 0.648. The zero-order valence-corrected chi connectivity index (χ0v) is 8.79. The van der Waals surface area contributed by atoms with E-state index >= 15 is 0 Å². The van der Waals surface area contributed by atoms with E-state index in [2.05, 4.69) is 4.98 Å². The van der Waals surface area contributed by atoms with Crippen molar-refractivity contribution in [3.05, 3.63) is 22.1 Å². The topological polar surface area (TPSA) is 73.6 Å². The summed E-state index contributed by atoms with van der Waals surface area (Å²) < 4.78 is 12.6. The molecule has 16 heavy (non-hydrogen) atoms. The van der Waals surface area contributed by atoms with Gasteiger partial charge in [-0.1, -0.05) is 0 Å². The summed E-state index contributed by atoms with van der Waals surface area (Å²) in [6.07, 6.45) is 1.03. The molecule has 0 aromatic carbocycles. The van der Waals surface area contributed by atoms with E-state index in [9.17, 15) is 9.90 Å². The Morgan fingerprint density at radius 3 is 3.25 bits per heavy atom. The Morgan fingerprint density at radius 1 is 1.62 bits per heavy atom. The van der Waals surface area contributed by atoms with Gasteiger partial charge >= 0.3 is 6.01 Å². The van der Waals surface area contributed by atoms with E-state index in [0.717, 1.165) is 0 Å². The number of aromatic nitrogens is 2. The molecule has 3 atom stereocenters.